The normalized spacial score (nSPS) is 11.8. The molecule has 0 spiro atoms. The molecule has 22 heteroatoms. The molecule has 0 saturated heterocycles. The molecule has 0 aliphatic rings. The molecule has 0 aromatic heterocycles. The highest BCUT2D eigenvalue weighted by molar-refractivity contribution is 5.84. The molecule has 22 nitrogen and oxygen atoms in total. The number of carboxylic acid groups (broad SMARTS) is 3. The van der Waals surface area contributed by atoms with Gasteiger partial charge in [-0.25, -0.2) is 4.79 Å². The summed E-state index contributed by atoms with van der Waals surface area (Å²) in [6.07, 6.45) is 16.4. The van der Waals surface area contributed by atoms with E-state index >= 15 is 0 Å². The van der Waals surface area contributed by atoms with Crippen molar-refractivity contribution in [3.63, 3.8) is 0 Å². The van der Waals surface area contributed by atoms with Crippen LogP contribution in [-0.4, -0.2) is 228 Å². The molecule has 0 aliphatic heterocycles. The van der Waals surface area contributed by atoms with Crippen LogP contribution in [0.3, 0.4) is 0 Å². The molecule has 448 valence electrons. The third kappa shape index (κ3) is 55.6. The van der Waals surface area contributed by atoms with Crippen LogP contribution in [0.4, 0.5) is 0 Å². The molecule has 76 heavy (non-hydrogen) atoms. The lowest BCUT2D eigenvalue weighted by atomic mass is 10.0. The summed E-state index contributed by atoms with van der Waals surface area (Å²) in [5, 5.41) is 30.3. The molecule has 0 aromatic carbocycles. The second-order valence-electron chi connectivity index (χ2n) is 18.0. The Morgan fingerprint density at radius 2 is 0.658 bits per heavy atom. The van der Waals surface area contributed by atoms with Gasteiger partial charge in [0.1, 0.15) is 6.04 Å². The highest BCUT2D eigenvalue weighted by atomic mass is 16.6. The van der Waals surface area contributed by atoms with Gasteiger partial charge in [0, 0.05) is 32.4 Å². The van der Waals surface area contributed by atoms with E-state index in [-0.39, 0.29) is 63.7 Å². The van der Waals surface area contributed by atoms with Gasteiger partial charge in [-0.2, -0.15) is 0 Å². The van der Waals surface area contributed by atoms with Crippen molar-refractivity contribution < 1.29 is 96.1 Å². The molecular weight excluding hydrogens is 997 g/mol. The van der Waals surface area contributed by atoms with Gasteiger partial charge in [-0.15, -0.1) is 0 Å². The number of carbonyl (C=O) groups is 5. The number of aliphatic carboxylic acids is 3. The molecule has 0 aromatic rings. The van der Waals surface area contributed by atoms with Gasteiger partial charge in [-0.05, 0) is 25.7 Å². The average molecular weight is 1100 g/mol. The Balaban J connectivity index is 3.81. The summed E-state index contributed by atoms with van der Waals surface area (Å²) < 4.78 is 65.4. The van der Waals surface area contributed by atoms with Crippen LogP contribution in [0.15, 0.2) is 0 Å². The molecule has 0 aliphatic carbocycles. The third-order valence-electron chi connectivity index (χ3n) is 11.5. The number of nitrogens with one attached hydrogen (secondary N) is 1. The molecule has 0 bridgehead atoms. The van der Waals surface area contributed by atoms with Gasteiger partial charge in [0.05, 0.1) is 165 Å². The van der Waals surface area contributed by atoms with Crippen molar-refractivity contribution in [2.45, 2.75) is 148 Å². The second-order valence-corrected chi connectivity index (χ2v) is 18.0. The van der Waals surface area contributed by atoms with E-state index in [4.69, 9.17) is 67.1 Å². The van der Waals surface area contributed by atoms with E-state index in [1.54, 1.807) is 0 Å². The highest BCUT2D eigenvalue weighted by Crippen LogP contribution is 2.17. The smallest absolute Gasteiger partial charge is 0.326 e. The first kappa shape index (κ1) is 72.9. The first-order chi connectivity index (χ1) is 37.2. The molecule has 2 amide bonds. The Morgan fingerprint density at radius 1 is 0.355 bits per heavy atom. The van der Waals surface area contributed by atoms with Crippen LogP contribution in [0, 0.1) is 0 Å². The largest absolute Gasteiger partial charge is 0.481 e. The number of amides is 2. The minimum Gasteiger partial charge on any atom is -0.481 e. The van der Waals surface area contributed by atoms with Crippen molar-refractivity contribution in [1.82, 2.24) is 10.2 Å². The zero-order valence-electron chi connectivity index (χ0n) is 46.5. The van der Waals surface area contributed by atoms with Crippen LogP contribution in [0.1, 0.15) is 142 Å². The Bertz CT molecular complexity index is 1320. The lowest BCUT2D eigenvalue weighted by Gasteiger charge is -2.29. The summed E-state index contributed by atoms with van der Waals surface area (Å²) in [5.74, 6) is -3.23. The van der Waals surface area contributed by atoms with Crippen LogP contribution >= 0.6 is 0 Å². The summed E-state index contributed by atoms with van der Waals surface area (Å²) in [7, 11) is 0. The number of hydrogen-bond donors (Lipinski definition) is 4. The fourth-order valence-electron chi connectivity index (χ4n) is 7.34. The van der Waals surface area contributed by atoms with Crippen molar-refractivity contribution in [1.29, 1.82) is 0 Å². The maximum Gasteiger partial charge on any atom is 0.326 e. The van der Waals surface area contributed by atoms with Crippen LogP contribution in [0.5, 0.6) is 0 Å². The molecule has 0 fully saturated rings. The first-order valence-electron chi connectivity index (χ1n) is 28.3. The van der Waals surface area contributed by atoms with Crippen molar-refractivity contribution >= 4 is 29.7 Å². The van der Waals surface area contributed by atoms with E-state index in [2.05, 4.69) is 12.2 Å². The Kier molecular flexibility index (Phi) is 57.1. The predicted molar refractivity (Wildman–Crippen MR) is 284 cm³/mol. The van der Waals surface area contributed by atoms with Crippen molar-refractivity contribution in [2.24, 2.45) is 0 Å². The third-order valence-corrected chi connectivity index (χ3v) is 11.5. The van der Waals surface area contributed by atoms with E-state index in [0.29, 0.717) is 165 Å². The van der Waals surface area contributed by atoms with Gasteiger partial charge in [0.15, 0.2) is 0 Å². The standard InChI is InChI=1S/C54H102N2O20/c1-2-3-4-5-6-7-11-14-17-24-56(51(58)18-15-12-9-8-10-13-16-19-52(59)60)49(54(63)64)20-21-50(57)55-23-26-66-28-30-68-32-34-70-36-38-72-40-42-74-44-46-76-48-47-75-45-43-73-41-39-71-37-35-69-33-31-67-29-27-65-25-22-53(61)62/h49H,2-48H2,1H3,(H,55,57)(H,59,60)(H,61,62)(H,63,64)/t49-/m0/s1. The molecule has 0 saturated carbocycles. The SMILES string of the molecule is CCCCCCCCCCCN(C(=O)CCCCCCCCCC(=O)O)[C@@H](CCC(=O)NCCOCCOCCOCCOCCOCCOCCOCCOCCOCCOCCOCCOCCC(=O)O)C(=O)O. The van der Waals surface area contributed by atoms with Crippen molar-refractivity contribution in [3.05, 3.63) is 0 Å². The second kappa shape index (κ2) is 59.5. The number of rotatable bonds is 64. The number of unbranched alkanes of at least 4 members (excludes halogenated alkanes) is 14. The van der Waals surface area contributed by atoms with Crippen molar-refractivity contribution in [2.75, 3.05) is 172 Å². The number of nitrogens with zero attached hydrogens (tertiary/aromatic N) is 1. The van der Waals surface area contributed by atoms with Gasteiger partial charge in [-0.1, -0.05) is 90.4 Å². The summed E-state index contributed by atoms with van der Waals surface area (Å²) in [6.45, 7) is 12.7. The monoisotopic (exact) mass is 1100 g/mol. The zero-order chi connectivity index (χ0) is 55.5. The average Bonchev–Trinajstić information content (AvgIpc) is 3.39. The van der Waals surface area contributed by atoms with Crippen molar-refractivity contribution in [3.8, 4) is 0 Å². The fourth-order valence-corrected chi connectivity index (χ4v) is 7.34. The molecular formula is C54H102N2O20. The van der Waals surface area contributed by atoms with E-state index in [9.17, 15) is 29.1 Å². The first-order valence-corrected chi connectivity index (χ1v) is 28.3. The van der Waals surface area contributed by atoms with Gasteiger partial charge in [0.25, 0.3) is 0 Å². The fraction of sp³-hybridized carbons (Fsp3) is 0.907. The Labute approximate surface area is 454 Å². The Hall–Kier alpha value is -3.13. The van der Waals surface area contributed by atoms with Gasteiger partial charge in [0.2, 0.25) is 11.8 Å². The molecule has 4 N–H and O–H groups in total. The molecule has 0 radical (unpaired) electrons. The number of carboxylic acids is 3. The Morgan fingerprint density at radius 3 is 1.00 bits per heavy atom. The molecule has 0 unspecified atom stereocenters. The minimum atomic E-state index is -1.10. The van der Waals surface area contributed by atoms with Gasteiger partial charge >= 0.3 is 17.9 Å². The zero-order valence-corrected chi connectivity index (χ0v) is 46.5. The molecule has 0 rings (SSSR count). The van der Waals surface area contributed by atoms with E-state index < -0.39 is 23.9 Å². The van der Waals surface area contributed by atoms with Crippen LogP contribution in [-0.2, 0) is 80.8 Å². The van der Waals surface area contributed by atoms with E-state index in [1.807, 2.05) is 0 Å². The van der Waals surface area contributed by atoms with Crippen LogP contribution in [0.25, 0.3) is 0 Å². The lowest BCUT2D eigenvalue weighted by Crippen LogP contribution is -2.46. The number of ether oxygens (including phenoxy) is 12. The quantitative estimate of drug-likeness (QED) is 0.0511. The van der Waals surface area contributed by atoms with E-state index in [1.165, 1.54) is 37.0 Å². The van der Waals surface area contributed by atoms with Crippen LogP contribution in [0.2, 0.25) is 0 Å². The summed E-state index contributed by atoms with van der Waals surface area (Å²) in [4.78, 5) is 61.1. The maximum absolute atomic E-state index is 13.4. The molecule has 1 atom stereocenters. The summed E-state index contributed by atoms with van der Waals surface area (Å²) in [5.41, 5.74) is 0. The topological polar surface area (TPSA) is 272 Å². The maximum atomic E-state index is 13.4. The van der Waals surface area contributed by atoms with Crippen LogP contribution < -0.4 is 5.32 Å². The predicted octanol–water partition coefficient (Wildman–Crippen LogP) is 5.96. The number of hydrogen-bond acceptors (Lipinski definition) is 17. The van der Waals surface area contributed by atoms with Gasteiger partial charge < -0.3 is 82.4 Å². The lowest BCUT2D eigenvalue weighted by molar-refractivity contribution is -0.151. The summed E-state index contributed by atoms with van der Waals surface area (Å²) >= 11 is 0. The highest BCUT2D eigenvalue weighted by Gasteiger charge is 2.29. The molecule has 0 heterocycles. The van der Waals surface area contributed by atoms with E-state index in [0.717, 1.165) is 57.8 Å². The van der Waals surface area contributed by atoms with Gasteiger partial charge in [-0.3, -0.25) is 19.2 Å². The number of carbonyl (C=O) groups excluding carboxylic acids is 2. The minimum absolute atomic E-state index is 0.0159. The summed E-state index contributed by atoms with van der Waals surface area (Å²) in [6, 6.07) is -1.07.